The van der Waals surface area contributed by atoms with E-state index in [1.807, 2.05) is 25.1 Å². The fraction of sp³-hybridized carbons (Fsp3) is 0.0667. The fourth-order valence-electron chi connectivity index (χ4n) is 1.93. The number of furan rings is 1. The van der Waals surface area contributed by atoms with Gasteiger partial charge in [0.25, 0.3) is 5.91 Å². The first-order valence-electron chi connectivity index (χ1n) is 6.05. The average Bonchev–Trinajstić information content (AvgIpc) is 2.86. The number of anilines is 1. The Kier molecular flexibility index (Phi) is 3.28. The highest BCUT2D eigenvalue weighted by atomic mass is 79.9. The number of nitrogens with zero attached hydrogens (tertiary/aromatic N) is 1. The van der Waals surface area contributed by atoms with Crippen molar-refractivity contribution in [3.05, 3.63) is 58.4 Å². The van der Waals surface area contributed by atoms with Crippen molar-refractivity contribution in [2.75, 3.05) is 5.32 Å². The molecule has 0 saturated carbocycles. The van der Waals surface area contributed by atoms with Gasteiger partial charge >= 0.3 is 0 Å². The molecule has 1 aromatic carbocycles. The number of pyridine rings is 1. The maximum absolute atomic E-state index is 12.2. The van der Waals surface area contributed by atoms with Gasteiger partial charge in [0.1, 0.15) is 5.52 Å². The number of aromatic nitrogens is 1. The third-order valence-corrected chi connectivity index (χ3v) is 3.44. The van der Waals surface area contributed by atoms with Crippen LogP contribution in [0.1, 0.15) is 16.1 Å². The Morgan fingerprint density at radius 3 is 2.90 bits per heavy atom. The second-order valence-electron chi connectivity index (χ2n) is 4.41. The summed E-state index contributed by atoms with van der Waals surface area (Å²) in [6, 6.07) is 10.9. The molecule has 3 rings (SSSR count). The Morgan fingerprint density at radius 1 is 1.30 bits per heavy atom. The van der Waals surface area contributed by atoms with Crippen molar-refractivity contribution >= 4 is 38.6 Å². The molecule has 1 amide bonds. The van der Waals surface area contributed by atoms with Crippen molar-refractivity contribution < 1.29 is 9.21 Å². The molecule has 3 aromatic rings. The zero-order chi connectivity index (χ0) is 14.1. The lowest BCUT2D eigenvalue weighted by molar-refractivity contribution is 0.0998. The lowest BCUT2D eigenvalue weighted by Gasteiger charge is -2.07. The van der Waals surface area contributed by atoms with Crippen LogP contribution in [-0.2, 0) is 0 Å². The van der Waals surface area contributed by atoms with E-state index in [2.05, 4.69) is 26.2 Å². The van der Waals surface area contributed by atoms with Crippen molar-refractivity contribution in [1.82, 2.24) is 4.98 Å². The zero-order valence-corrected chi connectivity index (χ0v) is 12.3. The molecule has 0 radical (unpaired) electrons. The van der Waals surface area contributed by atoms with Crippen LogP contribution >= 0.6 is 15.9 Å². The molecule has 2 heterocycles. The maximum Gasteiger partial charge on any atom is 0.291 e. The summed E-state index contributed by atoms with van der Waals surface area (Å²) >= 11 is 3.39. The van der Waals surface area contributed by atoms with Gasteiger partial charge < -0.3 is 9.73 Å². The minimum absolute atomic E-state index is 0.251. The van der Waals surface area contributed by atoms with E-state index >= 15 is 0 Å². The van der Waals surface area contributed by atoms with Crippen molar-refractivity contribution in [3.63, 3.8) is 0 Å². The summed E-state index contributed by atoms with van der Waals surface area (Å²) in [6.07, 6.45) is 1.67. The minimum atomic E-state index is -0.284. The van der Waals surface area contributed by atoms with E-state index in [-0.39, 0.29) is 11.7 Å². The van der Waals surface area contributed by atoms with Gasteiger partial charge in [-0.05, 0) is 42.8 Å². The van der Waals surface area contributed by atoms with Gasteiger partial charge in [0.2, 0.25) is 0 Å². The van der Waals surface area contributed by atoms with Crippen LogP contribution in [0.2, 0.25) is 0 Å². The summed E-state index contributed by atoms with van der Waals surface area (Å²) in [5.74, 6) is -0.0329. The smallest absolute Gasteiger partial charge is 0.291 e. The number of rotatable bonds is 2. The number of aryl methyl sites for hydroxylation is 1. The van der Waals surface area contributed by atoms with Gasteiger partial charge in [-0.15, -0.1) is 0 Å². The van der Waals surface area contributed by atoms with Gasteiger partial charge in [-0.3, -0.25) is 9.78 Å². The van der Waals surface area contributed by atoms with Crippen molar-refractivity contribution in [2.24, 2.45) is 0 Å². The van der Waals surface area contributed by atoms with Gasteiger partial charge in [-0.1, -0.05) is 15.9 Å². The molecule has 0 atom stereocenters. The molecule has 0 saturated heterocycles. The van der Waals surface area contributed by atoms with Gasteiger partial charge in [-0.2, -0.15) is 0 Å². The molecule has 0 fully saturated rings. The zero-order valence-electron chi connectivity index (χ0n) is 10.7. The Bertz CT molecular complexity index is 762. The van der Waals surface area contributed by atoms with Crippen LogP contribution in [0.4, 0.5) is 5.69 Å². The Morgan fingerprint density at radius 2 is 2.15 bits per heavy atom. The SMILES string of the molecule is Cc1cc(Br)ccc1NC(=O)c1cc2ncccc2o1. The van der Waals surface area contributed by atoms with E-state index < -0.39 is 0 Å². The monoisotopic (exact) mass is 330 g/mol. The molecular weight excluding hydrogens is 320 g/mol. The van der Waals surface area contributed by atoms with Gasteiger partial charge in [-0.25, -0.2) is 0 Å². The molecule has 100 valence electrons. The number of carbonyl (C=O) groups is 1. The van der Waals surface area contributed by atoms with Crippen LogP contribution in [0.25, 0.3) is 11.1 Å². The van der Waals surface area contributed by atoms with Crippen molar-refractivity contribution in [1.29, 1.82) is 0 Å². The Hall–Kier alpha value is -2.14. The second-order valence-corrected chi connectivity index (χ2v) is 5.33. The van der Waals surface area contributed by atoms with Gasteiger partial charge in [0.15, 0.2) is 11.3 Å². The first-order chi connectivity index (χ1) is 9.63. The fourth-order valence-corrected chi connectivity index (χ4v) is 2.41. The van der Waals surface area contributed by atoms with Gasteiger partial charge in [0.05, 0.1) is 0 Å². The minimum Gasteiger partial charge on any atom is -0.449 e. The maximum atomic E-state index is 12.2. The summed E-state index contributed by atoms with van der Waals surface area (Å²) in [5, 5.41) is 2.83. The van der Waals surface area contributed by atoms with Crippen LogP contribution in [0.15, 0.2) is 51.5 Å². The van der Waals surface area contributed by atoms with E-state index in [0.29, 0.717) is 11.1 Å². The van der Waals surface area contributed by atoms with E-state index in [1.165, 1.54) is 0 Å². The quantitative estimate of drug-likeness (QED) is 0.767. The predicted octanol–water partition coefficient (Wildman–Crippen LogP) is 4.15. The number of carbonyl (C=O) groups excluding carboxylic acids is 1. The standard InChI is InChI=1S/C15H11BrN2O2/c1-9-7-10(16)4-5-11(9)18-15(19)14-8-12-13(20-14)3-2-6-17-12/h2-8H,1H3,(H,18,19). The molecule has 2 aromatic heterocycles. The molecule has 0 bridgehead atoms. The summed E-state index contributed by atoms with van der Waals surface area (Å²) in [4.78, 5) is 16.3. The molecule has 0 unspecified atom stereocenters. The topological polar surface area (TPSA) is 55.1 Å². The number of benzene rings is 1. The van der Waals surface area contributed by atoms with E-state index in [0.717, 1.165) is 15.7 Å². The highest BCUT2D eigenvalue weighted by Gasteiger charge is 2.13. The number of nitrogens with one attached hydrogen (secondary N) is 1. The third-order valence-electron chi connectivity index (χ3n) is 2.95. The highest BCUT2D eigenvalue weighted by Crippen LogP contribution is 2.22. The lowest BCUT2D eigenvalue weighted by Crippen LogP contribution is -2.11. The number of hydrogen-bond donors (Lipinski definition) is 1. The lowest BCUT2D eigenvalue weighted by atomic mass is 10.2. The molecule has 0 aliphatic heterocycles. The normalized spacial score (nSPS) is 10.7. The largest absolute Gasteiger partial charge is 0.449 e. The molecule has 1 N–H and O–H groups in total. The molecule has 5 heteroatoms. The van der Waals surface area contributed by atoms with E-state index in [9.17, 15) is 4.79 Å². The molecule has 0 aliphatic carbocycles. The Labute approximate surface area is 123 Å². The molecule has 0 spiro atoms. The summed E-state index contributed by atoms with van der Waals surface area (Å²) < 4.78 is 6.45. The number of fused-ring (bicyclic) bond motifs is 1. The molecular formula is C15H11BrN2O2. The van der Waals surface area contributed by atoms with Crippen LogP contribution in [-0.4, -0.2) is 10.9 Å². The number of hydrogen-bond acceptors (Lipinski definition) is 3. The van der Waals surface area contributed by atoms with Crippen LogP contribution < -0.4 is 5.32 Å². The first-order valence-corrected chi connectivity index (χ1v) is 6.85. The van der Waals surface area contributed by atoms with Gasteiger partial charge in [0, 0.05) is 22.4 Å². The molecule has 4 nitrogen and oxygen atoms in total. The van der Waals surface area contributed by atoms with Crippen molar-refractivity contribution in [3.8, 4) is 0 Å². The van der Waals surface area contributed by atoms with Crippen LogP contribution in [0, 0.1) is 6.92 Å². The highest BCUT2D eigenvalue weighted by molar-refractivity contribution is 9.10. The van der Waals surface area contributed by atoms with E-state index in [4.69, 9.17) is 4.42 Å². The van der Waals surface area contributed by atoms with E-state index in [1.54, 1.807) is 24.4 Å². The van der Waals surface area contributed by atoms with Crippen LogP contribution in [0.3, 0.4) is 0 Å². The first kappa shape index (κ1) is 12.9. The van der Waals surface area contributed by atoms with Crippen LogP contribution in [0.5, 0.6) is 0 Å². The molecule has 20 heavy (non-hydrogen) atoms. The number of halogens is 1. The average molecular weight is 331 g/mol. The Balaban J connectivity index is 1.89. The summed E-state index contributed by atoms with van der Waals surface area (Å²) in [5.41, 5.74) is 3.00. The summed E-state index contributed by atoms with van der Waals surface area (Å²) in [7, 11) is 0. The number of amides is 1. The molecule has 0 aliphatic rings. The van der Waals surface area contributed by atoms with Crippen molar-refractivity contribution in [2.45, 2.75) is 6.92 Å². The third kappa shape index (κ3) is 2.44. The second kappa shape index (κ2) is 5.09. The summed E-state index contributed by atoms with van der Waals surface area (Å²) in [6.45, 7) is 1.93. The predicted molar refractivity (Wildman–Crippen MR) is 80.8 cm³/mol.